The number of carbonyl (C=O) groups excluding carboxylic acids is 1. The molecule has 0 atom stereocenters. The molecule has 1 aliphatic heterocycles. The van der Waals surface area contributed by atoms with Crippen LogP contribution >= 0.6 is 22.7 Å². The van der Waals surface area contributed by atoms with Gasteiger partial charge in [0, 0.05) is 39.3 Å². The van der Waals surface area contributed by atoms with E-state index >= 15 is 0 Å². The lowest BCUT2D eigenvalue weighted by Crippen LogP contribution is -2.37. The fourth-order valence-electron chi connectivity index (χ4n) is 3.92. The Morgan fingerprint density at radius 3 is 2.53 bits per heavy atom. The van der Waals surface area contributed by atoms with Gasteiger partial charge < -0.3 is 14.3 Å². The van der Waals surface area contributed by atoms with Gasteiger partial charge >= 0.3 is 0 Å². The number of fused-ring (bicyclic) bond motifs is 1. The highest BCUT2D eigenvalue weighted by molar-refractivity contribution is 7.89. The van der Waals surface area contributed by atoms with E-state index < -0.39 is 10.0 Å². The van der Waals surface area contributed by atoms with Crippen LogP contribution in [0.3, 0.4) is 0 Å². The topological polar surface area (TPSA) is 99.9 Å². The van der Waals surface area contributed by atoms with Crippen molar-refractivity contribution in [2.45, 2.75) is 39.0 Å². The minimum absolute atomic E-state index is 0.0684. The summed E-state index contributed by atoms with van der Waals surface area (Å²) in [4.78, 5) is 23.4. The van der Waals surface area contributed by atoms with Crippen molar-refractivity contribution in [2.75, 3.05) is 44.2 Å². The number of aromatic nitrogens is 2. The molecule has 9 nitrogen and oxygen atoms in total. The Morgan fingerprint density at radius 2 is 1.91 bits per heavy atom. The Bertz CT molecular complexity index is 1170. The summed E-state index contributed by atoms with van der Waals surface area (Å²) in [6.45, 7) is 10.6. The van der Waals surface area contributed by atoms with E-state index in [0.717, 1.165) is 27.8 Å². The second-order valence-electron chi connectivity index (χ2n) is 7.65. The number of hydrogen-bond acceptors (Lipinski definition) is 9. The van der Waals surface area contributed by atoms with Crippen LogP contribution in [0, 0.1) is 13.8 Å². The van der Waals surface area contributed by atoms with Crippen molar-refractivity contribution in [1.29, 1.82) is 0 Å². The van der Waals surface area contributed by atoms with Gasteiger partial charge in [0.15, 0.2) is 10.9 Å². The van der Waals surface area contributed by atoms with Crippen LogP contribution in [-0.4, -0.2) is 72.9 Å². The minimum Gasteiger partial charge on any atom is -0.360 e. The van der Waals surface area contributed by atoms with Crippen molar-refractivity contribution in [2.24, 2.45) is 0 Å². The Balaban J connectivity index is 1.48. The Morgan fingerprint density at radius 1 is 1.16 bits per heavy atom. The molecular formula is C20H27N5O4S3. The monoisotopic (exact) mass is 497 g/mol. The summed E-state index contributed by atoms with van der Waals surface area (Å²) in [5, 5.41) is 4.75. The lowest BCUT2D eigenvalue weighted by molar-refractivity contribution is 0.0769. The highest BCUT2D eigenvalue weighted by atomic mass is 32.2. The molecule has 12 heteroatoms. The van der Waals surface area contributed by atoms with Gasteiger partial charge in [-0.1, -0.05) is 16.5 Å². The molecule has 1 saturated heterocycles. The Labute approximate surface area is 195 Å². The van der Waals surface area contributed by atoms with Crippen LogP contribution in [0.15, 0.2) is 15.5 Å². The molecule has 0 unspecified atom stereocenters. The second kappa shape index (κ2) is 9.08. The molecule has 0 aliphatic carbocycles. The average molecular weight is 498 g/mol. The Kier molecular flexibility index (Phi) is 6.57. The van der Waals surface area contributed by atoms with Crippen LogP contribution in [-0.2, 0) is 10.0 Å². The maximum atomic E-state index is 13.2. The van der Waals surface area contributed by atoms with Crippen molar-refractivity contribution in [3.63, 3.8) is 0 Å². The first-order valence-electron chi connectivity index (χ1n) is 10.6. The van der Waals surface area contributed by atoms with E-state index in [1.54, 1.807) is 30.1 Å². The van der Waals surface area contributed by atoms with E-state index in [0.29, 0.717) is 36.6 Å². The van der Waals surface area contributed by atoms with Gasteiger partial charge in [0.1, 0.15) is 15.4 Å². The number of hydrogen-bond donors (Lipinski definition) is 0. The number of amides is 1. The SMILES string of the molecule is CCN(CC)c1nc2sc(C(=O)N3CCCN(S(=O)(=O)c4c(C)noc4C)CC3)cc2s1. The number of nitrogens with zero attached hydrogens (tertiary/aromatic N) is 5. The summed E-state index contributed by atoms with van der Waals surface area (Å²) in [5.74, 6) is 0.219. The molecule has 0 spiro atoms. The van der Waals surface area contributed by atoms with Crippen LogP contribution in [0.2, 0.25) is 0 Å². The zero-order valence-corrected chi connectivity index (χ0v) is 21.1. The zero-order chi connectivity index (χ0) is 23.0. The molecule has 1 amide bonds. The third-order valence-corrected chi connectivity index (χ3v) is 9.98. The van der Waals surface area contributed by atoms with Crippen molar-refractivity contribution in [1.82, 2.24) is 19.3 Å². The highest BCUT2D eigenvalue weighted by Crippen LogP contribution is 2.35. The predicted molar refractivity (Wildman–Crippen MR) is 126 cm³/mol. The molecule has 0 aromatic carbocycles. The molecular weight excluding hydrogens is 470 g/mol. The van der Waals surface area contributed by atoms with E-state index in [1.807, 2.05) is 6.07 Å². The normalized spacial score (nSPS) is 15.9. The van der Waals surface area contributed by atoms with Crippen molar-refractivity contribution < 1.29 is 17.7 Å². The average Bonchev–Trinajstić information content (AvgIpc) is 3.35. The Hall–Kier alpha value is -2.02. The van der Waals surface area contributed by atoms with Crippen LogP contribution in [0.25, 0.3) is 9.53 Å². The summed E-state index contributed by atoms with van der Waals surface area (Å²) in [7, 11) is -3.72. The van der Waals surface area contributed by atoms with Gasteiger partial charge in [-0.25, -0.2) is 13.4 Å². The largest absolute Gasteiger partial charge is 0.360 e. The van der Waals surface area contributed by atoms with E-state index in [4.69, 9.17) is 9.51 Å². The molecule has 0 saturated carbocycles. The number of aryl methyl sites for hydroxylation is 2. The fraction of sp³-hybridized carbons (Fsp3) is 0.550. The molecule has 3 aromatic heterocycles. The summed E-state index contributed by atoms with van der Waals surface area (Å²) in [6, 6.07) is 1.91. The van der Waals surface area contributed by atoms with Crippen molar-refractivity contribution in [3.05, 3.63) is 22.4 Å². The van der Waals surface area contributed by atoms with Crippen LogP contribution in [0.4, 0.5) is 5.13 Å². The maximum Gasteiger partial charge on any atom is 0.264 e. The van der Waals surface area contributed by atoms with Gasteiger partial charge in [-0.3, -0.25) is 4.79 Å². The van der Waals surface area contributed by atoms with E-state index in [1.165, 1.54) is 15.6 Å². The summed E-state index contributed by atoms with van der Waals surface area (Å²) in [6.07, 6.45) is 0.568. The first-order valence-corrected chi connectivity index (χ1v) is 13.7. The molecule has 1 fully saturated rings. The van der Waals surface area contributed by atoms with E-state index in [-0.39, 0.29) is 23.1 Å². The summed E-state index contributed by atoms with van der Waals surface area (Å²) >= 11 is 3.00. The van der Waals surface area contributed by atoms with Crippen molar-refractivity contribution >= 4 is 53.3 Å². The lowest BCUT2D eigenvalue weighted by atomic mass is 10.3. The summed E-state index contributed by atoms with van der Waals surface area (Å²) in [5.41, 5.74) is 0.356. The number of thiazole rings is 1. The maximum absolute atomic E-state index is 13.2. The number of anilines is 1. The number of sulfonamides is 1. The quantitative estimate of drug-likeness (QED) is 0.515. The van der Waals surface area contributed by atoms with Gasteiger partial charge in [-0.05, 0) is 40.2 Å². The molecule has 0 bridgehead atoms. The molecule has 0 N–H and O–H groups in total. The molecule has 4 heterocycles. The van der Waals surface area contributed by atoms with E-state index in [2.05, 4.69) is 23.9 Å². The molecule has 4 rings (SSSR count). The first-order chi connectivity index (χ1) is 15.3. The fourth-order valence-corrected chi connectivity index (χ4v) is 7.99. The van der Waals surface area contributed by atoms with Crippen molar-refractivity contribution in [3.8, 4) is 0 Å². The van der Waals surface area contributed by atoms with Gasteiger partial charge in [0.25, 0.3) is 5.91 Å². The molecule has 32 heavy (non-hydrogen) atoms. The third-order valence-electron chi connectivity index (χ3n) is 5.63. The number of carbonyl (C=O) groups is 1. The molecule has 1 aliphatic rings. The van der Waals surface area contributed by atoms with Gasteiger partial charge in [0.05, 0.1) is 9.58 Å². The van der Waals surface area contributed by atoms with Crippen LogP contribution in [0.1, 0.15) is 41.4 Å². The number of thiophene rings is 1. The molecule has 174 valence electrons. The zero-order valence-electron chi connectivity index (χ0n) is 18.6. The highest BCUT2D eigenvalue weighted by Gasteiger charge is 2.33. The van der Waals surface area contributed by atoms with E-state index in [9.17, 15) is 13.2 Å². The lowest BCUT2D eigenvalue weighted by Gasteiger charge is -2.21. The first kappa shape index (κ1) is 23.1. The molecule has 0 radical (unpaired) electrons. The third kappa shape index (κ3) is 4.16. The van der Waals surface area contributed by atoms with Crippen LogP contribution in [0.5, 0.6) is 0 Å². The second-order valence-corrected chi connectivity index (χ2v) is 11.6. The van der Waals surface area contributed by atoms with Gasteiger partial charge in [-0.2, -0.15) is 4.31 Å². The van der Waals surface area contributed by atoms with Crippen LogP contribution < -0.4 is 4.90 Å². The smallest absolute Gasteiger partial charge is 0.264 e. The number of rotatable bonds is 6. The minimum atomic E-state index is -3.72. The molecule has 3 aromatic rings. The predicted octanol–water partition coefficient (Wildman–Crippen LogP) is 3.35. The van der Waals surface area contributed by atoms with Gasteiger partial charge in [-0.15, -0.1) is 11.3 Å². The van der Waals surface area contributed by atoms with Gasteiger partial charge in [0.2, 0.25) is 10.0 Å². The summed E-state index contributed by atoms with van der Waals surface area (Å²) < 4.78 is 33.7. The standard InChI is InChI=1S/C20H27N5O4S3/c1-5-23(6-2)20-21-18-15(31-20)12-16(30-18)19(26)24-8-7-9-25(11-10-24)32(27,28)17-13(3)22-29-14(17)4/h12H,5-11H2,1-4H3.